The van der Waals surface area contributed by atoms with Crippen molar-refractivity contribution >= 4 is 5.69 Å². The van der Waals surface area contributed by atoms with Gasteiger partial charge in [-0.1, -0.05) is 99.6 Å². The maximum atomic E-state index is 2.67. The first-order valence-electron chi connectivity index (χ1n) is 11.5. The first-order valence-corrected chi connectivity index (χ1v) is 11.5. The Balaban J connectivity index is 1.79. The van der Waals surface area contributed by atoms with E-state index in [1.54, 1.807) is 0 Å². The van der Waals surface area contributed by atoms with E-state index in [-0.39, 0.29) is 17.1 Å². The van der Waals surface area contributed by atoms with E-state index in [1.165, 1.54) is 33.8 Å². The summed E-state index contributed by atoms with van der Waals surface area (Å²) in [4.78, 5) is 5.23. The molecule has 5 rings (SSSR count). The second-order valence-corrected chi connectivity index (χ2v) is 10.1. The fraction of sp³-hybridized carbons (Fsp3) is 0.267. The van der Waals surface area contributed by atoms with Gasteiger partial charge in [-0.05, 0) is 48.8 Å². The minimum Gasteiger partial charge on any atom is -0.331 e. The first-order chi connectivity index (χ1) is 15.4. The summed E-state index contributed by atoms with van der Waals surface area (Å²) in [6, 6.07) is 30.7. The number of hydrogen-bond acceptors (Lipinski definition) is 2. The zero-order valence-electron chi connectivity index (χ0n) is 19.7. The lowest BCUT2D eigenvalue weighted by molar-refractivity contribution is 0.101. The summed E-state index contributed by atoms with van der Waals surface area (Å²) < 4.78 is 0. The van der Waals surface area contributed by atoms with Gasteiger partial charge in [0, 0.05) is 16.8 Å². The molecule has 0 N–H and O–H groups in total. The van der Waals surface area contributed by atoms with Gasteiger partial charge in [0.1, 0.15) is 11.7 Å². The maximum absolute atomic E-state index is 2.67. The number of anilines is 1. The lowest BCUT2D eigenvalue weighted by atomic mass is 9.79. The zero-order chi connectivity index (χ0) is 22.5. The third-order valence-electron chi connectivity index (χ3n) is 6.92. The average Bonchev–Trinajstić information content (AvgIpc) is 3.32. The minimum atomic E-state index is -0.353. The third kappa shape index (κ3) is 2.93. The molecule has 2 heterocycles. The van der Waals surface area contributed by atoms with Crippen LogP contribution in [0.25, 0.3) is 0 Å². The van der Waals surface area contributed by atoms with Crippen LogP contribution in [-0.2, 0) is 5.54 Å². The van der Waals surface area contributed by atoms with Crippen molar-refractivity contribution in [2.24, 2.45) is 5.41 Å². The summed E-state index contributed by atoms with van der Waals surface area (Å²) in [6.45, 7) is 11.6. The molecule has 2 aliphatic rings. The molecule has 2 nitrogen and oxygen atoms in total. The van der Waals surface area contributed by atoms with Crippen LogP contribution in [0.1, 0.15) is 44.4 Å². The topological polar surface area (TPSA) is 6.48 Å². The number of aryl methyl sites for hydroxylation is 1. The molecule has 0 amide bonds. The highest BCUT2D eigenvalue weighted by atomic mass is 15.5. The number of allylic oxidation sites excluding steroid dienone is 2. The molecule has 3 aromatic rings. The average molecular weight is 421 g/mol. The second kappa shape index (κ2) is 7.41. The van der Waals surface area contributed by atoms with Crippen LogP contribution in [0.5, 0.6) is 0 Å². The molecule has 0 radical (unpaired) electrons. The zero-order valence-corrected chi connectivity index (χ0v) is 19.7. The molecule has 3 aromatic carbocycles. The highest BCUT2D eigenvalue weighted by Gasteiger charge is 2.54. The number of benzene rings is 3. The Morgan fingerprint density at radius 1 is 0.719 bits per heavy atom. The molecule has 0 aromatic heterocycles. The molecule has 162 valence electrons. The molecular formula is C30H32N2. The van der Waals surface area contributed by atoms with Crippen molar-refractivity contribution in [3.63, 3.8) is 0 Å². The molecule has 32 heavy (non-hydrogen) atoms. The van der Waals surface area contributed by atoms with Gasteiger partial charge in [-0.3, -0.25) is 0 Å². The molecule has 2 heteroatoms. The number of rotatable bonds is 3. The van der Waals surface area contributed by atoms with Gasteiger partial charge in [0.25, 0.3) is 0 Å². The Hall–Kier alpha value is -3.26. The summed E-state index contributed by atoms with van der Waals surface area (Å²) in [6.07, 6.45) is 4.91. The molecule has 0 bridgehead atoms. The van der Waals surface area contributed by atoms with Crippen molar-refractivity contribution in [3.05, 3.63) is 125 Å². The van der Waals surface area contributed by atoms with Crippen molar-refractivity contribution in [3.8, 4) is 0 Å². The summed E-state index contributed by atoms with van der Waals surface area (Å²) in [7, 11) is 0. The summed E-state index contributed by atoms with van der Waals surface area (Å²) in [5, 5.41) is 0. The summed E-state index contributed by atoms with van der Waals surface area (Å²) >= 11 is 0. The molecule has 0 saturated heterocycles. The van der Waals surface area contributed by atoms with E-state index in [4.69, 9.17) is 0 Å². The minimum absolute atomic E-state index is 0.00607. The Morgan fingerprint density at radius 2 is 1.25 bits per heavy atom. The van der Waals surface area contributed by atoms with E-state index in [0.29, 0.717) is 0 Å². The van der Waals surface area contributed by atoms with Crippen LogP contribution < -0.4 is 4.90 Å². The quantitative estimate of drug-likeness (QED) is 0.441. The van der Waals surface area contributed by atoms with Crippen molar-refractivity contribution in [2.45, 2.75) is 46.3 Å². The van der Waals surface area contributed by atoms with Crippen molar-refractivity contribution in [1.29, 1.82) is 0 Å². The van der Waals surface area contributed by atoms with Gasteiger partial charge in [-0.15, -0.1) is 0 Å². The van der Waals surface area contributed by atoms with Gasteiger partial charge < -0.3 is 9.80 Å². The number of nitrogens with zero attached hydrogens (tertiary/aromatic N) is 2. The Kier molecular flexibility index (Phi) is 4.78. The Labute approximate surface area is 192 Å². The van der Waals surface area contributed by atoms with Crippen LogP contribution >= 0.6 is 0 Å². The highest BCUT2D eigenvalue weighted by molar-refractivity contribution is 5.65. The predicted molar refractivity (Wildman–Crippen MR) is 134 cm³/mol. The van der Waals surface area contributed by atoms with E-state index in [1.807, 2.05) is 0 Å². The molecular weight excluding hydrogens is 388 g/mol. The molecule has 0 spiro atoms. The lowest BCUT2D eigenvalue weighted by Crippen LogP contribution is -2.56. The van der Waals surface area contributed by atoms with E-state index in [2.05, 4.69) is 141 Å². The van der Waals surface area contributed by atoms with Crippen LogP contribution in [0.15, 0.2) is 108 Å². The summed E-state index contributed by atoms with van der Waals surface area (Å²) in [5.41, 5.74) is 7.45. The molecule has 2 aliphatic heterocycles. The first kappa shape index (κ1) is 20.6. The highest BCUT2D eigenvalue weighted by Crippen LogP contribution is 2.54. The van der Waals surface area contributed by atoms with Gasteiger partial charge >= 0.3 is 0 Å². The molecule has 0 aliphatic carbocycles. The second-order valence-electron chi connectivity index (χ2n) is 10.1. The molecule has 0 fully saturated rings. The standard InChI is InChI=1S/C30H32N2/c1-22-14-12-13-19-26(22)31-23(2)27-20-21-30(24-15-8-6-9-16-24,25-17-10-7-11-18-25)32(27)28(31)29(3,4)5/h6-21,28H,1-5H3. The largest absolute Gasteiger partial charge is 0.331 e. The predicted octanol–water partition coefficient (Wildman–Crippen LogP) is 7.23. The van der Waals surface area contributed by atoms with Gasteiger partial charge in [-0.25, -0.2) is 0 Å². The van der Waals surface area contributed by atoms with Crippen molar-refractivity contribution in [1.82, 2.24) is 4.90 Å². The fourth-order valence-electron chi connectivity index (χ4n) is 5.53. The van der Waals surface area contributed by atoms with Gasteiger partial charge in [-0.2, -0.15) is 0 Å². The van der Waals surface area contributed by atoms with Gasteiger partial charge in [0.2, 0.25) is 0 Å². The lowest BCUT2D eigenvalue weighted by Gasteiger charge is -2.50. The normalized spacial score (nSPS) is 19.6. The third-order valence-corrected chi connectivity index (χ3v) is 6.92. The van der Waals surface area contributed by atoms with Crippen LogP contribution in [0.4, 0.5) is 5.69 Å². The van der Waals surface area contributed by atoms with Crippen LogP contribution in [0.2, 0.25) is 0 Å². The number of fused-ring (bicyclic) bond motifs is 1. The van der Waals surface area contributed by atoms with Gasteiger partial charge in [0.15, 0.2) is 0 Å². The number of para-hydroxylation sites is 1. The van der Waals surface area contributed by atoms with Gasteiger partial charge in [0.05, 0.1) is 5.70 Å². The smallest absolute Gasteiger partial charge is 0.112 e. The molecule has 1 unspecified atom stereocenters. The van der Waals surface area contributed by atoms with E-state index in [9.17, 15) is 0 Å². The van der Waals surface area contributed by atoms with E-state index < -0.39 is 0 Å². The van der Waals surface area contributed by atoms with E-state index in [0.717, 1.165) is 0 Å². The Bertz CT molecular complexity index is 1140. The van der Waals surface area contributed by atoms with Crippen LogP contribution in [-0.4, -0.2) is 11.1 Å². The van der Waals surface area contributed by atoms with E-state index >= 15 is 0 Å². The van der Waals surface area contributed by atoms with Crippen LogP contribution in [0.3, 0.4) is 0 Å². The molecule has 0 saturated carbocycles. The maximum Gasteiger partial charge on any atom is 0.112 e. The van der Waals surface area contributed by atoms with Crippen LogP contribution in [0, 0.1) is 12.3 Å². The fourth-order valence-corrected chi connectivity index (χ4v) is 5.53. The summed E-state index contributed by atoms with van der Waals surface area (Å²) in [5.74, 6) is 0. The van der Waals surface area contributed by atoms with Crippen molar-refractivity contribution < 1.29 is 0 Å². The SMILES string of the molecule is CC1=C2C=CC(c3ccccc3)(c3ccccc3)N2C(C(C)(C)C)N1c1ccccc1C. The monoisotopic (exact) mass is 420 g/mol. The number of hydrogen-bond donors (Lipinski definition) is 0. The molecule has 1 atom stereocenters. The Morgan fingerprint density at radius 3 is 1.78 bits per heavy atom. The van der Waals surface area contributed by atoms with Crippen molar-refractivity contribution in [2.75, 3.05) is 4.90 Å².